The van der Waals surface area contributed by atoms with Crippen LogP contribution in [0.4, 0.5) is 5.69 Å². The third-order valence-electron chi connectivity index (χ3n) is 5.51. The summed E-state index contributed by atoms with van der Waals surface area (Å²) in [6, 6.07) is 12.6. The number of carbonyl (C=O) groups excluding carboxylic acids is 1. The van der Waals surface area contributed by atoms with Crippen LogP contribution in [-0.2, 0) is 22.0 Å². The number of nitrogens with zero attached hydrogens (tertiary/aromatic N) is 1. The Labute approximate surface area is 165 Å². The molecule has 2 heterocycles. The number of carbonyl (C=O) groups is 1. The van der Waals surface area contributed by atoms with Gasteiger partial charge in [0.15, 0.2) is 6.61 Å². The molecule has 1 aliphatic heterocycles. The maximum atomic E-state index is 11.6. The molecule has 0 fully saturated rings. The number of ether oxygens (including phenoxy) is 1. The van der Waals surface area contributed by atoms with Gasteiger partial charge in [-0.2, -0.15) is 5.10 Å². The van der Waals surface area contributed by atoms with Crippen molar-refractivity contribution in [3.63, 3.8) is 0 Å². The molecule has 5 heteroatoms. The molecule has 2 aromatic carbocycles. The van der Waals surface area contributed by atoms with E-state index in [-0.39, 0.29) is 23.3 Å². The average molecular weight is 377 g/mol. The summed E-state index contributed by atoms with van der Waals surface area (Å²) >= 11 is 0. The van der Waals surface area contributed by atoms with Crippen LogP contribution in [0.2, 0.25) is 0 Å². The minimum atomic E-state index is -0.151. The summed E-state index contributed by atoms with van der Waals surface area (Å²) in [5.74, 6) is 0.606. The van der Waals surface area contributed by atoms with E-state index >= 15 is 0 Å². The van der Waals surface area contributed by atoms with Crippen molar-refractivity contribution in [1.29, 1.82) is 0 Å². The highest BCUT2D eigenvalue weighted by molar-refractivity contribution is 5.95. The summed E-state index contributed by atoms with van der Waals surface area (Å²) < 4.78 is 5.48. The van der Waals surface area contributed by atoms with Gasteiger partial charge in [-0.1, -0.05) is 52.8 Å². The molecule has 0 bridgehead atoms. The molecule has 3 aromatic rings. The second-order valence-corrected chi connectivity index (χ2v) is 9.29. The standard InChI is InChI=1S/C23H27N3O2/c1-22(2,3)14-6-8-16-17(10-14)25-26-19(16)12-23(4,5)15-7-9-20-18(11-15)24-21(27)13-28-20/h6-11H,12-13H2,1-5H3,(H,24,27)(H,25,26). The zero-order chi connectivity index (χ0) is 20.1. The lowest BCUT2D eigenvalue weighted by atomic mass is 9.79. The molecule has 2 N–H and O–H groups in total. The number of fused-ring (bicyclic) bond motifs is 2. The Morgan fingerprint density at radius 2 is 1.79 bits per heavy atom. The van der Waals surface area contributed by atoms with Gasteiger partial charge >= 0.3 is 0 Å². The van der Waals surface area contributed by atoms with Crippen LogP contribution in [0.5, 0.6) is 5.75 Å². The van der Waals surface area contributed by atoms with E-state index in [2.05, 4.69) is 74.4 Å². The van der Waals surface area contributed by atoms with Crippen molar-refractivity contribution in [1.82, 2.24) is 10.2 Å². The van der Waals surface area contributed by atoms with E-state index < -0.39 is 0 Å². The molecule has 0 spiro atoms. The molecule has 0 saturated heterocycles. The third kappa shape index (κ3) is 3.37. The normalized spacial score (nSPS) is 14.5. The summed E-state index contributed by atoms with van der Waals surface area (Å²) in [6.45, 7) is 11.1. The number of aromatic nitrogens is 2. The fourth-order valence-corrected chi connectivity index (χ4v) is 3.70. The van der Waals surface area contributed by atoms with Gasteiger partial charge in [-0.15, -0.1) is 0 Å². The molecule has 0 atom stereocenters. The monoisotopic (exact) mass is 377 g/mol. The van der Waals surface area contributed by atoms with Gasteiger partial charge in [-0.3, -0.25) is 9.89 Å². The molecule has 0 radical (unpaired) electrons. The van der Waals surface area contributed by atoms with Crippen LogP contribution < -0.4 is 10.1 Å². The van der Waals surface area contributed by atoms with E-state index in [0.29, 0.717) is 0 Å². The number of aromatic amines is 1. The molecule has 0 unspecified atom stereocenters. The fourth-order valence-electron chi connectivity index (χ4n) is 3.70. The predicted octanol–water partition coefficient (Wildman–Crippen LogP) is 4.71. The van der Waals surface area contributed by atoms with Crippen molar-refractivity contribution in [2.75, 3.05) is 11.9 Å². The number of nitrogens with one attached hydrogen (secondary N) is 2. The van der Waals surface area contributed by atoms with Gasteiger partial charge in [0.2, 0.25) is 0 Å². The number of benzene rings is 2. The second kappa shape index (κ2) is 6.36. The lowest BCUT2D eigenvalue weighted by Gasteiger charge is -2.27. The summed E-state index contributed by atoms with van der Waals surface area (Å²) in [5.41, 5.74) is 5.25. The number of rotatable bonds is 3. The van der Waals surface area contributed by atoms with Crippen LogP contribution in [-0.4, -0.2) is 22.7 Å². The minimum absolute atomic E-state index is 0.0750. The summed E-state index contributed by atoms with van der Waals surface area (Å²) in [4.78, 5) is 11.6. The first-order chi connectivity index (χ1) is 13.1. The first-order valence-electron chi connectivity index (χ1n) is 9.68. The van der Waals surface area contributed by atoms with E-state index in [1.807, 2.05) is 12.1 Å². The molecule has 146 valence electrons. The van der Waals surface area contributed by atoms with Crippen LogP contribution in [0.1, 0.15) is 51.4 Å². The summed E-state index contributed by atoms with van der Waals surface area (Å²) in [5, 5.41) is 11.9. The predicted molar refractivity (Wildman–Crippen MR) is 112 cm³/mol. The number of hydrogen-bond acceptors (Lipinski definition) is 3. The third-order valence-corrected chi connectivity index (χ3v) is 5.51. The molecule has 5 nitrogen and oxygen atoms in total. The quantitative estimate of drug-likeness (QED) is 0.694. The van der Waals surface area contributed by atoms with E-state index in [4.69, 9.17) is 4.74 Å². The average Bonchev–Trinajstić information content (AvgIpc) is 3.02. The van der Waals surface area contributed by atoms with Crippen LogP contribution in [0.15, 0.2) is 36.4 Å². The molecule has 1 aliphatic rings. The highest BCUT2D eigenvalue weighted by atomic mass is 16.5. The van der Waals surface area contributed by atoms with Crippen LogP contribution in [0, 0.1) is 0 Å². The van der Waals surface area contributed by atoms with Crippen molar-refractivity contribution < 1.29 is 9.53 Å². The van der Waals surface area contributed by atoms with E-state index in [9.17, 15) is 4.79 Å². The fraction of sp³-hybridized carbons (Fsp3) is 0.391. The SMILES string of the molecule is CC(C)(C)c1ccc2c(CC(C)(C)c3ccc4c(c3)NC(=O)CO4)n[nH]c2c1. The van der Waals surface area contributed by atoms with Crippen molar-refractivity contribution >= 4 is 22.5 Å². The van der Waals surface area contributed by atoms with Gasteiger partial charge in [0, 0.05) is 11.8 Å². The molecule has 1 amide bonds. The lowest BCUT2D eigenvalue weighted by Crippen LogP contribution is -2.27. The number of amides is 1. The molecule has 28 heavy (non-hydrogen) atoms. The summed E-state index contributed by atoms with van der Waals surface area (Å²) in [6.07, 6.45) is 0.787. The van der Waals surface area contributed by atoms with Gasteiger partial charge in [0.05, 0.1) is 16.9 Å². The highest BCUT2D eigenvalue weighted by Gasteiger charge is 2.26. The summed E-state index contributed by atoms with van der Waals surface area (Å²) in [7, 11) is 0. The molecular weight excluding hydrogens is 350 g/mol. The topological polar surface area (TPSA) is 67.0 Å². The lowest BCUT2D eigenvalue weighted by molar-refractivity contribution is -0.118. The zero-order valence-electron chi connectivity index (χ0n) is 17.1. The molecule has 4 rings (SSSR count). The minimum Gasteiger partial charge on any atom is -0.482 e. The Morgan fingerprint density at radius 3 is 2.54 bits per heavy atom. The largest absolute Gasteiger partial charge is 0.482 e. The van der Waals surface area contributed by atoms with E-state index in [1.165, 1.54) is 5.56 Å². The van der Waals surface area contributed by atoms with Crippen LogP contribution in [0.25, 0.3) is 10.9 Å². The van der Waals surface area contributed by atoms with Gasteiger partial charge in [0.1, 0.15) is 5.75 Å². The first kappa shape index (κ1) is 18.5. The first-order valence-corrected chi connectivity index (χ1v) is 9.68. The van der Waals surface area contributed by atoms with Crippen LogP contribution in [0.3, 0.4) is 0 Å². The highest BCUT2D eigenvalue weighted by Crippen LogP contribution is 2.36. The number of H-pyrrole nitrogens is 1. The van der Waals surface area contributed by atoms with Gasteiger partial charge < -0.3 is 10.1 Å². The Morgan fingerprint density at radius 1 is 1.04 bits per heavy atom. The molecule has 1 aromatic heterocycles. The van der Waals surface area contributed by atoms with Crippen molar-refractivity contribution in [3.8, 4) is 5.75 Å². The van der Waals surface area contributed by atoms with Gasteiger partial charge in [-0.05, 0) is 40.2 Å². The number of anilines is 1. The molecular formula is C23H27N3O2. The Hall–Kier alpha value is -2.82. The maximum absolute atomic E-state index is 11.6. The van der Waals surface area contributed by atoms with Crippen molar-refractivity contribution in [3.05, 3.63) is 53.2 Å². The van der Waals surface area contributed by atoms with Crippen molar-refractivity contribution in [2.45, 2.75) is 51.9 Å². The second-order valence-electron chi connectivity index (χ2n) is 9.29. The Bertz CT molecular complexity index is 1060. The number of hydrogen-bond donors (Lipinski definition) is 2. The molecule has 0 aliphatic carbocycles. The van der Waals surface area contributed by atoms with E-state index in [0.717, 1.165) is 40.0 Å². The zero-order valence-corrected chi connectivity index (χ0v) is 17.1. The maximum Gasteiger partial charge on any atom is 0.262 e. The van der Waals surface area contributed by atoms with Gasteiger partial charge in [0.25, 0.3) is 5.91 Å². The Kier molecular flexibility index (Phi) is 4.21. The van der Waals surface area contributed by atoms with Crippen molar-refractivity contribution in [2.24, 2.45) is 0 Å². The van der Waals surface area contributed by atoms with E-state index in [1.54, 1.807) is 0 Å². The van der Waals surface area contributed by atoms with Crippen LogP contribution >= 0.6 is 0 Å². The smallest absolute Gasteiger partial charge is 0.262 e. The van der Waals surface area contributed by atoms with Gasteiger partial charge in [-0.25, -0.2) is 0 Å². The Balaban J connectivity index is 1.65. The molecule has 0 saturated carbocycles.